The lowest BCUT2D eigenvalue weighted by molar-refractivity contribution is 0.0527. The first kappa shape index (κ1) is 19.4. The predicted octanol–water partition coefficient (Wildman–Crippen LogP) is 3.17. The molecule has 138 valence electrons. The van der Waals surface area contributed by atoms with Crippen LogP contribution in [-0.2, 0) is 4.74 Å². The van der Waals surface area contributed by atoms with E-state index in [1.165, 1.54) is 12.4 Å². The van der Waals surface area contributed by atoms with Crippen LogP contribution in [-0.4, -0.2) is 35.0 Å². The van der Waals surface area contributed by atoms with E-state index in [1.54, 1.807) is 31.2 Å². The van der Waals surface area contributed by atoms with Crippen LogP contribution in [0, 0.1) is 5.92 Å². The molecule has 7 nitrogen and oxygen atoms in total. The second-order valence-electron chi connectivity index (χ2n) is 6.12. The van der Waals surface area contributed by atoms with Gasteiger partial charge in [0.05, 0.1) is 23.4 Å². The Morgan fingerprint density at radius 3 is 2.50 bits per heavy atom. The summed E-state index contributed by atoms with van der Waals surface area (Å²) in [5.74, 6) is 0.193. The van der Waals surface area contributed by atoms with Crippen LogP contribution in [0.5, 0.6) is 0 Å². The Morgan fingerprint density at radius 2 is 1.85 bits per heavy atom. The van der Waals surface area contributed by atoms with Gasteiger partial charge in [-0.1, -0.05) is 26.0 Å². The first-order valence-electron chi connectivity index (χ1n) is 8.64. The minimum absolute atomic E-state index is 0.205. The Kier molecular flexibility index (Phi) is 7.08. The summed E-state index contributed by atoms with van der Waals surface area (Å²) in [6, 6.07) is 6.95. The van der Waals surface area contributed by atoms with Gasteiger partial charge in [-0.2, -0.15) is 0 Å². The number of carbonyl (C=O) groups excluding carboxylic acids is 2. The van der Waals surface area contributed by atoms with Crippen LogP contribution >= 0.6 is 0 Å². The second kappa shape index (κ2) is 9.50. The smallest absolute Gasteiger partial charge is 0.340 e. The normalized spacial score (nSPS) is 10.5. The average Bonchev–Trinajstić information content (AvgIpc) is 2.62. The molecule has 0 radical (unpaired) electrons. The Labute approximate surface area is 153 Å². The van der Waals surface area contributed by atoms with Crippen molar-refractivity contribution in [3.05, 3.63) is 47.8 Å². The van der Waals surface area contributed by atoms with Gasteiger partial charge in [0.2, 0.25) is 5.95 Å². The van der Waals surface area contributed by atoms with E-state index in [0.29, 0.717) is 41.8 Å². The summed E-state index contributed by atoms with van der Waals surface area (Å²) in [6.07, 6.45) is 3.82. The molecule has 2 aromatic rings. The minimum atomic E-state index is -0.420. The highest BCUT2D eigenvalue weighted by atomic mass is 16.5. The maximum Gasteiger partial charge on any atom is 0.340 e. The summed E-state index contributed by atoms with van der Waals surface area (Å²) in [7, 11) is 0. The van der Waals surface area contributed by atoms with Crippen molar-refractivity contribution in [1.82, 2.24) is 15.3 Å². The quantitative estimate of drug-likeness (QED) is 0.706. The van der Waals surface area contributed by atoms with Crippen LogP contribution in [0.3, 0.4) is 0 Å². The number of ether oxygens (including phenoxy) is 1. The summed E-state index contributed by atoms with van der Waals surface area (Å²) in [6.45, 7) is 6.86. The third kappa shape index (κ3) is 5.54. The van der Waals surface area contributed by atoms with Crippen LogP contribution in [0.4, 0.5) is 11.6 Å². The summed E-state index contributed by atoms with van der Waals surface area (Å²) in [4.78, 5) is 32.3. The molecule has 7 heteroatoms. The predicted molar refractivity (Wildman–Crippen MR) is 99.5 cm³/mol. The van der Waals surface area contributed by atoms with E-state index in [-0.39, 0.29) is 5.91 Å². The third-order valence-electron chi connectivity index (χ3n) is 3.59. The van der Waals surface area contributed by atoms with Gasteiger partial charge in [0.1, 0.15) is 0 Å². The first-order chi connectivity index (χ1) is 12.5. The number of esters is 1. The summed E-state index contributed by atoms with van der Waals surface area (Å²) < 4.78 is 5.04. The highest BCUT2D eigenvalue weighted by molar-refractivity contribution is 5.96. The number of benzene rings is 1. The molecule has 0 bridgehead atoms. The van der Waals surface area contributed by atoms with E-state index in [0.717, 1.165) is 6.42 Å². The summed E-state index contributed by atoms with van der Waals surface area (Å²) in [5, 5.41) is 5.82. The minimum Gasteiger partial charge on any atom is -0.462 e. The third-order valence-corrected chi connectivity index (χ3v) is 3.59. The number of rotatable bonds is 8. The van der Waals surface area contributed by atoms with Crippen LogP contribution in [0.15, 0.2) is 36.7 Å². The fourth-order valence-electron chi connectivity index (χ4n) is 2.19. The number of nitrogens with one attached hydrogen (secondary N) is 2. The number of para-hydroxylation sites is 1. The van der Waals surface area contributed by atoms with Crippen LogP contribution in [0.2, 0.25) is 0 Å². The molecule has 0 atom stereocenters. The second-order valence-corrected chi connectivity index (χ2v) is 6.12. The van der Waals surface area contributed by atoms with Crippen LogP contribution in [0.1, 0.15) is 47.9 Å². The lowest BCUT2D eigenvalue weighted by Crippen LogP contribution is -2.25. The van der Waals surface area contributed by atoms with Gasteiger partial charge >= 0.3 is 5.97 Å². The Hall–Kier alpha value is -2.96. The molecule has 0 spiro atoms. The fraction of sp³-hybridized carbons (Fsp3) is 0.368. The van der Waals surface area contributed by atoms with Gasteiger partial charge in [-0.15, -0.1) is 0 Å². The molecule has 1 aromatic carbocycles. The van der Waals surface area contributed by atoms with Gasteiger partial charge in [-0.25, -0.2) is 14.8 Å². The highest BCUT2D eigenvalue weighted by Crippen LogP contribution is 2.19. The number of hydrogen-bond acceptors (Lipinski definition) is 6. The zero-order valence-electron chi connectivity index (χ0n) is 15.3. The number of aromatic nitrogens is 2. The molecule has 0 saturated heterocycles. The molecule has 1 heterocycles. The van der Waals surface area contributed by atoms with E-state index in [4.69, 9.17) is 4.74 Å². The molecule has 2 rings (SSSR count). The van der Waals surface area contributed by atoms with Gasteiger partial charge in [0.25, 0.3) is 5.91 Å². The number of amides is 1. The van der Waals surface area contributed by atoms with Gasteiger partial charge in [0.15, 0.2) is 0 Å². The van der Waals surface area contributed by atoms with Crippen molar-refractivity contribution in [2.75, 3.05) is 18.5 Å². The summed E-state index contributed by atoms with van der Waals surface area (Å²) in [5.41, 5.74) is 1.33. The van der Waals surface area contributed by atoms with E-state index in [9.17, 15) is 9.59 Å². The van der Waals surface area contributed by atoms with Crippen LogP contribution in [0.25, 0.3) is 0 Å². The molecule has 0 fully saturated rings. The first-order valence-corrected chi connectivity index (χ1v) is 8.64. The SMILES string of the molecule is CCOC(=O)c1ccccc1Nc1ncc(C(=O)NCCC(C)C)cn1. The average molecular weight is 356 g/mol. The standard InChI is InChI=1S/C19H24N4O3/c1-4-26-18(25)15-7-5-6-8-16(15)23-19-21-11-14(12-22-19)17(24)20-10-9-13(2)3/h5-8,11-13H,4,9-10H2,1-3H3,(H,20,24)(H,21,22,23). The molecule has 1 aromatic heterocycles. The number of hydrogen-bond donors (Lipinski definition) is 2. The largest absolute Gasteiger partial charge is 0.462 e. The zero-order valence-corrected chi connectivity index (χ0v) is 15.3. The van der Waals surface area contributed by atoms with Gasteiger partial charge in [0, 0.05) is 18.9 Å². The summed E-state index contributed by atoms with van der Waals surface area (Å²) >= 11 is 0. The molecule has 0 aliphatic heterocycles. The Morgan fingerprint density at radius 1 is 1.15 bits per heavy atom. The topological polar surface area (TPSA) is 93.2 Å². The van der Waals surface area contributed by atoms with Gasteiger partial charge < -0.3 is 15.4 Å². The van der Waals surface area contributed by atoms with Crippen molar-refractivity contribution < 1.29 is 14.3 Å². The van der Waals surface area contributed by atoms with Crippen molar-refractivity contribution in [3.63, 3.8) is 0 Å². The van der Waals surface area contributed by atoms with Crippen molar-refractivity contribution in [2.45, 2.75) is 27.2 Å². The Bertz CT molecular complexity index is 745. The van der Waals surface area contributed by atoms with Crippen molar-refractivity contribution >= 4 is 23.5 Å². The molecule has 0 aliphatic rings. The van der Waals surface area contributed by atoms with Crippen molar-refractivity contribution in [3.8, 4) is 0 Å². The van der Waals surface area contributed by atoms with E-state index in [1.807, 2.05) is 0 Å². The molecule has 26 heavy (non-hydrogen) atoms. The number of nitrogens with zero attached hydrogens (tertiary/aromatic N) is 2. The fourth-order valence-corrected chi connectivity index (χ4v) is 2.19. The maximum atomic E-state index is 12.0. The van der Waals surface area contributed by atoms with Crippen LogP contribution < -0.4 is 10.6 Å². The lowest BCUT2D eigenvalue weighted by atomic mass is 10.1. The lowest BCUT2D eigenvalue weighted by Gasteiger charge is -2.10. The molecule has 1 amide bonds. The zero-order chi connectivity index (χ0) is 18.9. The van der Waals surface area contributed by atoms with E-state index >= 15 is 0 Å². The maximum absolute atomic E-state index is 12.0. The van der Waals surface area contributed by atoms with Gasteiger partial charge in [-0.05, 0) is 31.4 Å². The Balaban J connectivity index is 2.04. The van der Waals surface area contributed by atoms with E-state index < -0.39 is 5.97 Å². The van der Waals surface area contributed by atoms with Crippen molar-refractivity contribution in [1.29, 1.82) is 0 Å². The molecular weight excluding hydrogens is 332 g/mol. The number of anilines is 2. The highest BCUT2D eigenvalue weighted by Gasteiger charge is 2.13. The molecule has 0 aliphatic carbocycles. The van der Waals surface area contributed by atoms with E-state index in [2.05, 4.69) is 34.4 Å². The van der Waals surface area contributed by atoms with Crippen molar-refractivity contribution in [2.24, 2.45) is 5.92 Å². The molecule has 0 unspecified atom stereocenters. The number of carbonyl (C=O) groups is 2. The molecule has 0 saturated carbocycles. The molecule has 2 N–H and O–H groups in total. The monoisotopic (exact) mass is 356 g/mol. The van der Waals surface area contributed by atoms with Gasteiger partial charge in [-0.3, -0.25) is 4.79 Å². The molecular formula is C19H24N4O3.